The fourth-order valence-electron chi connectivity index (χ4n) is 2.26. The number of rotatable bonds is 3. The van der Waals surface area contributed by atoms with E-state index >= 15 is 0 Å². The van der Waals surface area contributed by atoms with Crippen LogP contribution in [0.25, 0.3) is 10.9 Å². The number of nitrogens with zero attached hydrogens (tertiary/aromatic N) is 4. The van der Waals surface area contributed by atoms with Crippen molar-refractivity contribution in [1.29, 1.82) is 0 Å². The Morgan fingerprint density at radius 2 is 2.05 bits per heavy atom. The van der Waals surface area contributed by atoms with Gasteiger partial charge < -0.3 is 0 Å². The van der Waals surface area contributed by atoms with Crippen LogP contribution in [0.15, 0.2) is 54.1 Å². The van der Waals surface area contributed by atoms with E-state index in [9.17, 15) is 4.79 Å². The predicted molar refractivity (Wildman–Crippen MR) is 76.5 cm³/mol. The molecule has 5 heteroatoms. The lowest BCUT2D eigenvalue weighted by molar-refractivity contribution is 0.522. The minimum absolute atomic E-state index is 0.0248. The van der Waals surface area contributed by atoms with Gasteiger partial charge in [0.15, 0.2) is 0 Å². The number of aromatic nitrogens is 4. The smallest absolute Gasteiger partial charge is 0.261 e. The van der Waals surface area contributed by atoms with Crippen LogP contribution in [0.2, 0.25) is 0 Å². The second kappa shape index (κ2) is 5.21. The van der Waals surface area contributed by atoms with E-state index in [4.69, 9.17) is 0 Å². The first-order chi connectivity index (χ1) is 9.75. The third kappa shape index (κ3) is 2.30. The fourth-order valence-corrected chi connectivity index (χ4v) is 2.26. The molecule has 0 fully saturated rings. The Morgan fingerprint density at radius 3 is 2.85 bits per heavy atom. The van der Waals surface area contributed by atoms with E-state index in [2.05, 4.69) is 15.0 Å². The van der Waals surface area contributed by atoms with Gasteiger partial charge in [0.25, 0.3) is 5.56 Å². The van der Waals surface area contributed by atoms with Gasteiger partial charge in [0.2, 0.25) is 0 Å². The normalized spacial score (nSPS) is 12.4. The molecule has 0 saturated carbocycles. The van der Waals surface area contributed by atoms with Crippen molar-refractivity contribution in [1.82, 2.24) is 19.5 Å². The molecule has 20 heavy (non-hydrogen) atoms. The monoisotopic (exact) mass is 266 g/mol. The molecule has 0 amide bonds. The van der Waals surface area contributed by atoms with Gasteiger partial charge in [0.1, 0.15) is 0 Å². The molecule has 0 spiro atoms. The number of hydrogen-bond donors (Lipinski definition) is 0. The molecule has 3 heterocycles. The molecule has 1 atom stereocenters. The van der Waals surface area contributed by atoms with E-state index in [1.165, 1.54) is 0 Å². The summed E-state index contributed by atoms with van der Waals surface area (Å²) in [5.74, 6) is 0. The van der Waals surface area contributed by atoms with Gasteiger partial charge in [-0.25, -0.2) is 4.98 Å². The first-order valence-corrected chi connectivity index (χ1v) is 6.45. The van der Waals surface area contributed by atoms with Gasteiger partial charge in [-0.15, -0.1) is 0 Å². The summed E-state index contributed by atoms with van der Waals surface area (Å²) in [6, 6.07) is 5.64. The third-order valence-electron chi connectivity index (χ3n) is 3.31. The third-order valence-corrected chi connectivity index (χ3v) is 3.31. The summed E-state index contributed by atoms with van der Waals surface area (Å²) in [5.41, 5.74) is 1.69. The fraction of sp³-hybridized carbons (Fsp3) is 0.200. The van der Waals surface area contributed by atoms with Crippen molar-refractivity contribution in [2.75, 3.05) is 0 Å². The highest BCUT2D eigenvalue weighted by Gasteiger charge is 2.10. The maximum atomic E-state index is 12.4. The maximum Gasteiger partial charge on any atom is 0.261 e. The Labute approximate surface area is 116 Å². The van der Waals surface area contributed by atoms with Crippen molar-refractivity contribution in [3.8, 4) is 0 Å². The molecule has 5 nitrogen and oxygen atoms in total. The van der Waals surface area contributed by atoms with E-state index in [0.717, 1.165) is 12.0 Å². The summed E-state index contributed by atoms with van der Waals surface area (Å²) < 4.78 is 1.66. The van der Waals surface area contributed by atoms with Crippen LogP contribution < -0.4 is 5.56 Å². The minimum atomic E-state index is -0.0335. The summed E-state index contributed by atoms with van der Waals surface area (Å²) in [5, 5.41) is 0.598. The van der Waals surface area contributed by atoms with Gasteiger partial charge in [-0.3, -0.25) is 19.3 Å². The van der Waals surface area contributed by atoms with Crippen LogP contribution in [0.1, 0.15) is 18.5 Å². The molecule has 0 aliphatic rings. The van der Waals surface area contributed by atoms with Gasteiger partial charge in [-0.1, -0.05) is 6.07 Å². The Hall–Kier alpha value is -2.56. The molecule has 0 N–H and O–H groups in total. The van der Waals surface area contributed by atoms with Gasteiger partial charge in [-0.05, 0) is 31.0 Å². The SMILES string of the molecule is CC(Cc1cccnc1)n1cnc2cnccc2c1=O. The lowest BCUT2D eigenvalue weighted by atomic mass is 10.1. The Morgan fingerprint density at radius 1 is 1.20 bits per heavy atom. The molecular formula is C15H14N4O. The van der Waals surface area contributed by atoms with E-state index < -0.39 is 0 Å². The lowest BCUT2D eigenvalue weighted by Crippen LogP contribution is -2.25. The highest BCUT2D eigenvalue weighted by Crippen LogP contribution is 2.12. The second-order valence-electron chi connectivity index (χ2n) is 4.76. The summed E-state index contributed by atoms with van der Waals surface area (Å²) in [6.45, 7) is 2.00. The highest BCUT2D eigenvalue weighted by atomic mass is 16.1. The summed E-state index contributed by atoms with van der Waals surface area (Å²) in [7, 11) is 0. The Balaban J connectivity index is 1.98. The molecule has 3 aromatic heterocycles. The van der Waals surface area contributed by atoms with Crippen molar-refractivity contribution in [3.63, 3.8) is 0 Å². The molecule has 0 aliphatic heterocycles. The zero-order valence-corrected chi connectivity index (χ0v) is 11.1. The predicted octanol–water partition coefficient (Wildman–Crippen LogP) is 1.99. The molecule has 0 bridgehead atoms. The van der Waals surface area contributed by atoms with Crippen LogP contribution in [-0.2, 0) is 6.42 Å². The molecule has 3 aromatic rings. The first-order valence-electron chi connectivity index (χ1n) is 6.45. The van der Waals surface area contributed by atoms with Crippen molar-refractivity contribution in [3.05, 3.63) is 65.2 Å². The standard InChI is InChI=1S/C15H14N4O/c1-11(7-12-3-2-5-16-8-12)19-10-18-14-9-17-6-4-13(14)15(19)20/h2-6,8-11H,7H2,1H3. The number of fused-ring (bicyclic) bond motifs is 1. The first kappa shape index (κ1) is 12.5. The van der Waals surface area contributed by atoms with E-state index in [-0.39, 0.29) is 11.6 Å². The quantitative estimate of drug-likeness (QED) is 0.727. The second-order valence-corrected chi connectivity index (χ2v) is 4.76. The molecule has 100 valence electrons. The molecule has 0 radical (unpaired) electrons. The minimum Gasteiger partial charge on any atom is -0.296 e. The van der Waals surface area contributed by atoms with Crippen LogP contribution in [0.4, 0.5) is 0 Å². The van der Waals surface area contributed by atoms with E-state index in [0.29, 0.717) is 10.9 Å². The van der Waals surface area contributed by atoms with Crippen LogP contribution in [0.3, 0.4) is 0 Å². The lowest BCUT2D eigenvalue weighted by Gasteiger charge is -2.15. The van der Waals surface area contributed by atoms with Crippen LogP contribution >= 0.6 is 0 Å². The average Bonchev–Trinajstić information content (AvgIpc) is 2.49. The molecule has 0 aliphatic carbocycles. The zero-order valence-electron chi connectivity index (χ0n) is 11.1. The maximum absolute atomic E-state index is 12.4. The van der Waals surface area contributed by atoms with Gasteiger partial charge >= 0.3 is 0 Å². The zero-order chi connectivity index (χ0) is 13.9. The molecule has 0 aromatic carbocycles. The van der Waals surface area contributed by atoms with Gasteiger partial charge in [-0.2, -0.15) is 0 Å². The largest absolute Gasteiger partial charge is 0.296 e. The summed E-state index contributed by atoms with van der Waals surface area (Å²) in [6.07, 6.45) is 9.11. The van der Waals surface area contributed by atoms with Crippen molar-refractivity contribution in [2.24, 2.45) is 0 Å². The molecule has 1 unspecified atom stereocenters. The van der Waals surface area contributed by atoms with Crippen LogP contribution in [0, 0.1) is 0 Å². The van der Waals surface area contributed by atoms with E-state index in [1.807, 2.05) is 25.3 Å². The van der Waals surface area contributed by atoms with Crippen molar-refractivity contribution < 1.29 is 0 Å². The highest BCUT2D eigenvalue weighted by molar-refractivity contribution is 5.75. The Bertz CT molecular complexity index is 782. The molecule has 3 rings (SSSR count). The topological polar surface area (TPSA) is 60.7 Å². The van der Waals surface area contributed by atoms with Gasteiger partial charge in [0.05, 0.1) is 23.4 Å². The van der Waals surface area contributed by atoms with E-state index in [1.54, 1.807) is 35.6 Å². The van der Waals surface area contributed by atoms with Gasteiger partial charge in [0, 0.05) is 24.6 Å². The average molecular weight is 266 g/mol. The van der Waals surface area contributed by atoms with Crippen molar-refractivity contribution >= 4 is 10.9 Å². The van der Waals surface area contributed by atoms with Crippen LogP contribution in [0.5, 0.6) is 0 Å². The Kier molecular flexibility index (Phi) is 3.25. The van der Waals surface area contributed by atoms with Crippen LogP contribution in [-0.4, -0.2) is 19.5 Å². The molecule has 0 saturated heterocycles. The molecular weight excluding hydrogens is 252 g/mol. The number of hydrogen-bond acceptors (Lipinski definition) is 4. The van der Waals surface area contributed by atoms with Crippen molar-refractivity contribution in [2.45, 2.75) is 19.4 Å². The number of pyridine rings is 2. The summed E-state index contributed by atoms with van der Waals surface area (Å²) >= 11 is 0. The summed E-state index contributed by atoms with van der Waals surface area (Å²) in [4.78, 5) is 24.8.